The molecule has 3 N–H and O–H groups in total. The van der Waals surface area contributed by atoms with Crippen LogP contribution in [-0.2, 0) is 21.4 Å². The van der Waals surface area contributed by atoms with Gasteiger partial charge in [0.2, 0.25) is 10.0 Å². The van der Waals surface area contributed by atoms with Gasteiger partial charge in [-0.2, -0.15) is 0 Å². The molecular formula is C16H18Cl2FN3O5S. The lowest BCUT2D eigenvalue weighted by Gasteiger charge is -2.22. The van der Waals surface area contributed by atoms with Gasteiger partial charge in [-0.25, -0.2) is 17.5 Å². The van der Waals surface area contributed by atoms with Crippen LogP contribution in [0.25, 0.3) is 11.3 Å². The van der Waals surface area contributed by atoms with Gasteiger partial charge in [0, 0.05) is 11.6 Å². The largest absolute Gasteiger partial charge is 0.386 e. The molecule has 0 aliphatic heterocycles. The van der Waals surface area contributed by atoms with E-state index in [9.17, 15) is 22.7 Å². The van der Waals surface area contributed by atoms with Crippen molar-refractivity contribution in [2.45, 2.75) is 23.5 Å². The third-order valence-electron chi connectivity index (χ3n) is 3.68. The Bertz CT molecular complexity index is 905. The van der Waals surface area contributed by atoms with Gasteiger partial charge in [0.05, 0.1) is 24.5 Å². The molecule has 28 heavy (non-hydrogen) atoms. The lowest BCUT2D eigenvalue weighted by atomic mass is 10.0. The molecule has 2 rings (SSSR count). The highest BCUT2D eigenvalue weighted by Gasteiger charge is 2.25. The summed E-state index contributed by atoms with van der Waals surface area (Å²) in [5.74, 6) is -0.424. The standard InChI is InChI=1S/C16H18Cl2FN3O5S/c1-28(25,26)20-8-11-6-13(27-22-11)9-2-4-10(5-3-9)14(23)12(7-19)21-16(24)15(17)18/h2-6,12,14-15,20,23H,7-8H2,1H3,(H,21,24)/t12-,14+/m0/s1. The highest BCUT2D eigenvalue weighted by atomic mass is 35.5. The number of aliphatic hydroxyl groups is 1. The molecule has 0 radical (unpaired) electrons. The fourth-order valence-electron chi connectivity index (χ4n) is 2.26. The second-order valence-corrected chi connectivity index (χ2v) is 8.84. The van der Waals surface area contributed by atoms with Crippen molar-refractivity contribution in [1.29, 1.82) is 0 Å². The maximum Gasteiger partial charge on any atom is 0.253 e. The number of halogens is 3. The van der Waals surface area contributed by atoms with Crippen molar-refractivity contribution in [2.24, 2.45) is 0 Å². The molecule has 0 spiro atoms. The third kappa shape index (κ3) is 6.42. The second kappa shape index (κ2) is 9.66. The summed E-state index contributed by atoms with van der Waals surface area (Å²) in [7, 11) is -3.35. The van der Waals surface area contributed by atoms with Crippen molar-refractivity contribution in [2.75, 3.05) is 12.9 Å². The number of aliphatic hydroxyl groups excluding tert-OH is 1. The van der Waals surface area contributed by atoms with Gasteiger partial charge in [-0.3, -0.25) is 4.79 Å². The fraction of sp³-hybridized carbons (Fsp3) is 0.375. The molecule has 0 saturated carbocycles. The van der Waals surface area contributed by atoms with Crippen molar-refractivity contribution in [3.05, 3.63) is 41.6 Å². The van der Waals surface area contributed by atoms with E-state index in [0.717, 1.165) is 6.26 Å². The number of sulfonamides is 1. The average Bonchev–Trinajstić information content (AvgIpc) is 3.12. The summed E-state index contributed by atoms with van der Waals surface area (Å²) in [5.41, 5.74) is 1.35. The molecule has 1 heterocycles. The van der Waals surface area contributed by atoms with E-state index in [1.165, 1.54) is 12.1 Å². The summed E-state index contributed by atoms with van der Waals surface area (Å²) < 4.78 is 42.9. The Balaban J connectivity index is 2.08. The topological polar surface area (TPSA) is 122 Å². The first-order chi connectivity index (χ1) is 13.1. The van der Waals surface area contributed by atoms with Crippen LogP contribution in [0.1, 0.15) is 17.4 Å². The molecule has 0 fully saturated rings. The van der Waals surface area contributed by atoms with E-state index in [0.29, 0.717) is 22.6 Å². The second-order valence-electron chi connectivity index (χ2n) is 5.91. The van der Waals surface area contributed by atoms with Crippen LogP contribution in [0.3, 0.4) is 0 Å². The molecule has 0 aliphatic rings. The minimum absolute atomic E-state index is 0.0147. The summed E-state index contributed by atoms with van der Waals surface area (Å²) >= 11 is 10.8. The number of hydrogen-bond acceptors (Lipinski definition) is 6. The number of nitrogens with zero attached hydrogens (tertiary/aromatic N) is 1. The summed E-state index contributed by atoms with van der Waals surface area (Å²) in [5, 5.41) is 16.3. The van der Waals surface area contributed by atoms with Gasteiger partial charge in [0.1, 0.15) is 12.8 Å². The van der Waals surface area contributed by atoms with Crippen molar-refractivity contribution < 1.29 is 27.2 Å². The maximum atomic E-state index is 13.2. The normalized spacial score (nSPS) is 14.1. The molecule has 1 aromatic carbocycles. The van der Waals surface area contributed by atoms with E-state index < -0.39 is 39.6 Å². The number of aromatic nitrogens is 1. The summed E-state index contributed by atoms with van der Waals surface area (Å²) in [4.78, 5) is 10.1. The predicted octanol–water partition coefficient (Wildman–Crippen LogP) is 1.68. The molecule has 1 amide bonds. The predicted molar refractivity (Wildman–Crippen MR) is 102 cm³/mol. The van der Waals surface area contributed by atoms with Crippen molar-refractivity contribution in [3.8, 4) is 11.3 Å². The van der Waals surface area contributed by atoms with Crippen LogP contribution < -0.4 is 10.0 Å². The monoisotopic (exact) mass is 453 g/mol. The average molecular weight is 454 g/mol. The van der Waals surface area contributed by atoms with Crippen LogP contribution >= 0.6 is 23.2 Å². The molecule has 154 valence electrons. The van der Waals surface area contributed by atoms with Crippen LogP contribution in [-0.4, -0.2) is 48.4 Å². The van der Waals surface area contributed by atoms with E-state index >= 15 is 0 Å². The maximum absolute atomic E-state index is 13.2. The quantitative estimate of drug-likeness (QED) is 0.496. The smallest absolute Gasteiger partial charge is 0.253 e. The molecule has 0 saturated heterocycles. The Morgan fingerprint density at radius 1 is 1.32 bits per heavy atom. The van der Waals surface area contributed by atoms with E-state index in [1.54, 1.807) is 18.2 Å². The van der Waals surface area contributed by atoms with Crippen molar-refractivity contribution in [3.63, 3.8) is 0 Å². The zero-order valence-corrected chi connectivity index (χ0v) is 16.9. The van der Waals surface area contributed by atoms with Gasteiger partial charge in [-0.15, -0.1) is 0 Å². The molecule has 0 aliphatic carbocycles. The molecule has 8 nitrogen and oxygen atoms in total. The minimum atomic E-state index is -3.35. The van der Waals surface area contributed by atoms with E-state index in [4.69, 9.17) is 27.7 Å². The Labute approximate surface area is 171 Å². The molecule has 2 atom stereocenters. The highest BCUT2D eigenvalue weighted by Crippen LogP contribution is 2.24. The molecule has 0 unspecified atom stereocenters. The number of alkyl halides is 3. The van der Waals surface area contributed by atoms with Crippen LogP contribution in [0.4, 0.5) is 4.39 Å². The lowest BCUT2D eigenvalue weighted by Crippen LogP contribution is -2.43. The zero-order valence-electron chi connectivity index (χ0n) is 14.6. The third-order valence-corrected chi connectivity index (χ3v) is 4.75. The van der Waals surface area contributed by atoms with Gasteiger partial charge in [-0.1, -0.05) is 52.6 Å². The summed E-state index contributed by atoms with van der Waals surface area (Å²) in [6.07, 6.45) is -0.287. The van der Waals surface area contributed by atoms with E-state index in [2.05, 4.69) is 15.2 Å². The molecule has 12 heteroatoms. The zero-order chi connectivity index (χ0) is 20.9. The van der Waals surface area contributed by atoms with E-state index in [1.807, 2.05) is 0 Å². The van der Waals surface area contributed by atoms with Gasteiger partial charge >= 0.3 is 0 Å². The number of carbonyl (C=O) groups is 1. The van der Waals surface area contributed by atoms with Gasteiger partial charge in [-0.05, 0) is 5.56 Å². The Kier molecular flexibility index (Phi) is 7.79. The fourth-order valence-corrected chi connectivity index (χ4v) is 2.80. The molecule has 2 aromatic rings. The van der Waals surface area contributed by atoms with Crippen LogP contribution in [0.2, 0.25) is 0 Å². The van der Waals surface area contributed by atoms with Crippen LogP contribution in [0.15, 0.2) is 34.9 Å². The first-order valence-corrected chi connectivity index (χ1v) is 10.7. The SMILES string of the molecule is CS(=O)(=O)NCc1cc(-c2ccc([C@@H](O)[C@H](CF)NC(=O)C(Cl)Cl)cc2)on1. The van der Waals surface area contributed by atoms with Gasteiger partial charge in [0.15, 0.2) is 10.6 Å². The first-order valence-electron chi connectivity index (χ1n) is 7.94. The Morgan fingerprint density at radius 2 is 1.96 bits per heavy atom. The number of carbonyl (C=O) groups excluding carboxylic acids is 1. The highest BCUT2D eigenvalue weighted by molar-refractivity contribution is 7.88. The van der Waals surface area contributed by atoms with Crippen LogP contribution in [0, 0.1) is 0 Å². The summed E-state index contributed by atoms with van der Waals surface area (Å²) in [6.45, 7) is -1.03. The Hall–Kier alpha value is -1.72. The molecule has 0 bridgehead atoms. The number of nitrogens with one attached hydrogen (secondary N) is 2. The van der Waals surface area contributed by atoms with Gasteiger partial charge < -0.3 is 14.9 Å². The number of benzene rings is 1. The number of rotatable bonds is 9. The number of amides is 1. The minimum Gasteiger partial charge on any atom is -0.386 e. The van der Waals surface area contributed by atoms with Crippen molar-refractivity contribution in [1.82, 2.24) is 15.2 Å². The summed E-state index contributed by atoms with van der Waals surface area (Å²) in [6, 6.07) is 6.63. The first kappa shape index (κ1) is 22.6. The van der Waals surface area contributed by atoms with E-state index in [-0.39, 0.29) is 6.54 Å². The van der Waals surface area contributed by atoms with Crippen LogP contribution in [0.5, 0.6) is 0 Å². The molecular weight excluding hydrogens is 436 g/mol. The number of hydrogen-bond donors (Lipinski definition) is 3. The van der Waals surface area contributed by atoms with Crippen molar-refractivity contribution >= 4 is 39.1 Å². The lowest BCUT2D eigenvalue weighted by molar-refractivity contribution is -0.121. The Morgan fingerprint density at radius 3 is 2.50 bits per heavy atom. The molecule has 1 aromatic heterocycles. The van der Waals surface area contributed by atoms with Gasteiger partial charge in [0.25, 0.3) is 5.91 Å².